The Kier molecular flexibility index (Phi) is 5.48. The summed E-state index contributed by atoms with van der Waals surface area (Å²) in [4.78, 5) is 17.4. The van der Waals surface area contributed by atoms with Crippen LogP contribution in [0.3, 0.4) is 0 Å². The number of carbonyl (C=O) groups is 1. The molecule has 1 amide bonds. The molecule has 9 heteroatoms. The summed E-state index contributed by atoms with van der Waals surface area (Å²) in [6.45, 7) is 5.31. The number of ether oxygens (including phenoxy) is 1. The van der Waals surface area contributed by atoms with Gasteiger partial charge in [-0.3, -0.25) is 4.79 Å². The average molecular weight is 425 g/mol. The van der Waals surface area contributed by atoms with Crippen molar-refractivity contribution in [3.8, 4) is 0 Å². The fourth-order valence-corrected chi connectivity index (χ4v) is 6.07. The van der Waals surface area contributed by atoms with Crippen molar-refractivity contribution in [2.45, 2.75) is 50.7 Å². The smallest absolute Gasteiger partial charge is 0.264 e. The number of amides is 1. The Morgan fingerprint density at radius 3 is 2.93 bits per heavy atom. The molecular formula is C19H25ClN4O3S. The van der Waals surface area contributed by atoms with E-state index in [1.54, 1.807) is 11.3 Å². The molecule has 28 heavy (non-hydrogen) atoms. The Morgan fingerprint density at radius 1 is 1.36 bits per heavy atom. The third-order valence-electron chi connectivity index (χ3n) is 6.11. The van der Waals surface area contributed by atoms with Crippen molar-refractivity contribution in [2.75, 3.05) is 26.2 Å². The number of nitrogens with zero attached hydrogens (tertiary/aromatic N) is 3. The highest BCUT2D eigenvalue weighted by Gasteiger charge is 2.42. The molecule has 3 aliphatic rings. The van der Waals surface area contributed by atoms with E-state index in [-0.39, 0.29) is 30.0 Å². The maximum atomic E-state index is 13.4. The summed E-state index contributed by atoms with van der Waals surface area (Å²) >= 11 is 1.64. The van der Waals surface area contributed by atoms with Crippen molar-refractivity contribution in [2.24, 2.45) is 0 Å². The van der Waals surface area contributed by atoms with Crippen molar-refractivity contribution in [1.82, 2.24) is 20.5 Å². The number of likely N-dealkylation sites (tertiary alicyclic amines) is 1. The van der Waals surface area contributed by atoms with E-state index >= 15 is 0 Å². The molecule has 5 heterocycles. The lowest BCUT2D eigenvalue weighted by molar-refractivity contribution is -0.0771. The maximum Gasteiger partial charge on any atom is 0.264 e. The van der Waals surface area contributed by atoms with Gasteiger partial charge in [0, 0.05) is 11.4 Å². The van der Waals surface area contributed by atoms with Gasteiger partial charge in [-0.1, -0.05) is 10.3 Å². The fraction of sp³-hybridized carbons (Fsp3) is 0.632. The Morgan fingerprint density at radius 2 is 2.18 bits per heavy atom. The fourth-order valence-electron chi connectivity index (χ4n) is 4.71. The summed E-state index contributed by atoms with van der Waals surface area (Å²) in [5, 5.41) is 11.4. The molecule has 0 aliphatic carbocycles. The highest BCUT2D eigenvalue weighted by Crippen LogP contribution is 2.45. The molecule has 0 bridgehead atoms. The molecule has 2 saturated heterocycles. The summed E-state index contributed by atoms with van der Waals surface area (Å²) in [5.74, 6) is 0.100. The molecule has 152 valence electrons. The Hall–Kier alpha value is -1.48. The van der Waals surface area contributed by atoms with Crippen LogP contribution in [0.5, 0.6) is 0 Å². The molecule has 1 atom stereocenters. The number of hydrogen-bond acceptors (Lipinski definition) is 7. The summed E-state index contributed by atoms with van der Waals surface area (Å²) < 4.78 is 11.1. The first-order valence-electron chi connectivity index (χ1n) is 9.76. The first-order chi connectivity index (χ1) is 13.2. The third kappa shape index (κ3) is 3.16. The van der Waals surface area contributed by atoms with Gasteiger partial charge in [0.15, 0.2) is 0 Å². The molecular weight excluding hydrogens is 400 g/mol. The molecule has 0 saturated carbocycles. The number of nitrogens with one attached hydrogen (secondary N) is 1. The van der Waals surface area contributed by atoms with Gasteiger partial charge < -0.3 is 15.0 Å². The number of carbonyl (C=O) groups excluding carboxylic acids is 1. The van der Waals surface area contributed by atoms with Gasteiger partial charge in [0.2, 0.25) is 0 Å². The van der Waals surface area contributed by atoms with Gasteiger partial charge in [-0.2, -0.15) is 0 Å². The van der Waals surface area contributed by atoms with Crippen molar-refractivity contribution in [1.29, 1.82) is 0 Å². The van der Waals surface area contributed by atoms with Crippen molar-refractivity contribution in [3.05, 3.63) is 32.8 Å². The zero-order valence-electron chi connectivity index (χ0n) is 15.9. The second-order valence-corrected chi connectivity index (χ2v) is 8.75. The minimum Gasteiger partial charge on any atom is -0.369 e. The number of rotatable bonds is 2. The lowest BCUT2D eigenvalue weighted by Gasteiger charge is -2.40. The molecule has 3 aliphatic heterocycles. The van der Waals surface area contributed by atoms with Crippen LogP contribution in [0.25, 0.3) is 0 Å². The topological polar surface area (TPSA) is 80.5 Å². The van der Waals surface area contributed by atoms with Gasteiger partial charge in [0.25, 0.3) is 5.91 Å². The maximum absolute atomic E-state index is 13.4. The van der Waals surface area contributed by atoms with Crippen LogP contribution in [0.2, 0.25) is 0 Å². The summed E-state index contributed by atoms with van der Waals surface area (Å²) in [6, 6.07) is 2.07. The van der Waals surface area contributed by atoms with Gasteiger partial charge in [-0.05, 0) is 63.7 Å². The van der Waals surface area contributed by atoms with Gasteiger partial charge >= 0.3 is 0 Å². The van der Waals surface area contributed by atoms with Crippen molar-refractivity contribution < 1.29 is 14.2 Å². The van der Waals surface area contributed by atoms with Crippen molar-refractivity contribution >= 4 is 29.7 Å². The van der Waals surface area contributed by atoms with Crippen LogP contribution in [-0.4, -0.2) is 47.4 Å². The van der Waals surface area contributed by atoms with E-state index in [1.807, 2.05) is 11.8 Å². The summed E-state index contributed by atoms with van der Waals surface area (Å²) in [7, 11) is 0. The first-order valence-corrected chi connectivity index (χ1v) is 10.6. The molecule has 7 nitrogen and oxygen atoms in total. The zero-order chi connectivity index (χ0) is 18.4. The van der Waals surface area contributed by atoms with Gasteiger partial charge in [-0.15, -0.1) is 23.7 Å². The van der Waals surface area contributed by atoms with Crippen LogP contribution < -0.4 is 5.32 Å². The Labute approximate surface area is 174 Å². The predicted octanol–water partition coefficient (Wildman–Crippen LogP) is 2.99. The van der Waals surface area contributed by atoms with Gasteiger partial charge in [0.1, 0.15) is 17.0 Å². The molecule has 1 unspecified atom stereocenters. The van der Waals surface area contributed by atoms with Crippen LogP contribution in [0.1, 0.15) is 63.2 Å². The largest absolute Gasteiger partial charge is 0.369 e. The van der Waals surface area contributed by atoms with Gasteiger partial charge in [0.05, 0.1) is 17.5 Å². The molecule has 1 spiro atoms. The molecule has 0 aromatic carbocycles. The highest BCUT2D eigenvalue weighted by molar-refractivity contribution is 7.14. The minimum absolute atomic E-state index is 0. The van der Waals surface area contributed by atoms with Crippen molar-refractivity contribution in [3.63, 3.8) is 0 Å². The molecule has 1 N–H and O–H groups in total. The van der Waals surface area contributed by atoms with E-state index in [0.29, 0.717) is 0 Å². The van der Waals surface area contributed by atoms with Crippen LogP contribution >= 0.6 is 23.7 Å². The minimum atomic E-state index is -0.195. The number of hydrogen-bond donors (Lipinski definition) is 1. The van der Waals surface area contributed by atoms with E-state index in [4.69, 9.17) is 9.37 Å². The SMILES string of the molecule is Cc1nonc1C1CCCN1C(=O)c1cc2c(s1)C1(CCNCC1)OCC2.Cl. The van der Waals surface area contributed by atoms with E-state index in [2.05, 4.69) is 21.7 Å². The molecule has 0 radical (unpaired) electrons. The third-order valence-corrected chi connectivity index (χ3v) is 7.46. The molecule has 2 aromatic rings. The second kappa shape index (κ2) is 7.74. The number of aryl methyl sites for hydroxylation is 1. The lowest BCUT2D eigenvalue weighted by Crippen LogP contribution is -2.43. The zero-order valence-corrected chi connectivity index (χ0v) is 17.5. The summed E-state index contributed by atoms with van der Waals surface area (Å²) in [6.07, 6.45) is 4.73. The molecule has 5 rings (SSSR count). The average Bonchev–Trinajstić information content (AvgIpc) is 3.41. The lowest BCUT2D eigenvalue weighted by atomic mass is 9.86. The van der Waals surface area contributed by atoms with E-state index in [9.17, 15) is 4.79 Å². The monoisotopic (exact) mass is 424 g/mol. The second-order valence-electron chi connectivity index (χ2n) is 7.70. The van der Waals surface area contributed by atoms with Crippen LogP contribution in [0.4, 0.5) is 0 Å². The van der Waals surface area contributed by atoms with E-state index in [1.165, 1.54) is 10.4 Å². The number of fused-ring (bicyclic) bond motifs is 2. The number of aromatic nitrogens is 2. The number of halogens is 1. The molecule has 2 fully saturated rings. The Bertz CT molecular complexity index is 861. The predicted molar refractivity (Wildman–Crippen MR) is 107 cm³/mol. The normalized spacial score (nSPS) is 23.5. The first kappa shape index (κ1) is 19.8. The number of piperidine rings is 1. The quantitative estimate of drug-likeness (QED) is 0.798. The highest BCUT2D eigenvalue weighted by atomic mass is 35.5. The number of thiophene rings is 1. The van der Waals surface area contributed by atoms with E-state index in [0.717, 1.165) is 74.6 Å². The van der Waals surface area contributed by atoms with Crippen LogP contribution in [-0.2, 0) is 16.8 Å². The standard InChI is InChI=1S/C19H24N4O3S.ClH/c1-12-16(22-26-21-12)14-3-2-9-23(14)18(24)15-11-13-4-10-25-19(17(13)27-15)5-7-20-8-6-19;/h11,14,20H,2-10H2,1H3;1H. The van der Waals surface area contributed by atoms with Gasteiger partial charge in [-0.25, -0.2) is 4.63 Å². The summed E-state index contributed by atoms with van der Waals surface area (Å²) in [5.41, 5.74) is 2.66. The van der Waals surface area contributed by atoms with Crippen LogP contribution in [0, 0.1) is 6.92 Å². The molecule has 2 aromatic heterocycles. The Balaban J connectivity index is 0.00000192. The van der Waals surface area contributed by atoms with E-state index < -0.39 is 0 Å². The van der Waals surface area contributed by atoms with Crippen LogP contribution in [0.15, 0.2) is 10.7 Å².